The normalized spacial score (nSPS) is 11.1. The molecule has 6 nitrogen and oxygen atoms in total. The van der Waals surface area contributed by atoms with E-state index in [0.717, 1.165) is 5.56 Å². The zero-order valence-electron chi connectivity index (χ0n) is 17.7. The monoisotopic (exact) mass is 524 g/mol. The van der Waals surface area contributed by atoms with Gasteiger partial charge < -0.3 is 10.1 Å². The summed E-state index contributed by atoms with van der Waals surface area (Å²) in [5, 5.41) is 3.87. The van der Waals surface area contributed by atoms with Crippen LogP contribution in [0, 0.1) is 0 Å². The fourth-order valence-electron chi connectivity index (χ4n) is 2.83. The van der Waals surface area contributed by atoms with Crippen LogP contribution in [0.25, 0.3) is 0 Å². The third-order valence-electron chi connectivity index (χ3n) is 4.41. The SMILES string of the molecule is CCOc1ccc(NS(=O)(=O)c2ccc(NC(=O)CSCc3c(Cl)cccc3Cl)cc2)cc1. The second-order valence-corrected chi connectivity index (χ2v) is 10.3. The number of anilines is 2. The van der Waals surface area contributed by atoms with Crippen molar-refractivity contribution >= 4 is 62.3 Å². The molecule has 10 heteroatoms. The molecule has 0 aliphatic rings. The summed E-state index contributed by atoms with van der Waals surface area (Å²) in [6, 6.07) is 17.9. The lowest BCUT2D eigenvalue weighted by atomic mass is 10.2. The van der Waals surface area contributed by atoms with Crippen molar-refractivity contribution in [3.05, 3.63) is 82.3 Å². The van der Waals surface area contributed by atoms with Crippen LogP contribution in [0.5, 0.6) is 5.75 Å². The molecule has 0 atom stereocenters. The van der Waals surface area contributed by atoms with Gasteiger partial charge in [-0.25, -0.2) is 8.42 Å². The Labute approximate surface area is 207 Å². The van der Waals surface area contributed by atoms with Crippen molar-refractivity contribution in [3.63, 3.8) is 0 Å². The highest BCUT2D eigenvalue weighted by molar-refractivity contribution is 7.99. The van der Waals surface area contributed by atoms with Crippen LogP contribution in [-0.2, 0) is 20.6 Å². The van der Waals surface area contributed by atoms with Gasteiger partial charge in [0.05, 0.1) is 17.3 Å². The number of benzene rings is 3. The molecular formula is C23H22Cl2N2O4S2. The van der Waals surface area contributed by atoms with Gasteiger partial charge in [0, 0.05) is 27.2 Å². The molecule has 0 unspecified atom stereocenters. The van der Waals surface area contributed by atoms with E-state index in [1.165, 1.54) is 23.9 Å². The molecule has 0 radical (unpaired) electrons. The van der Waals surface area contributed by atoms with Gasteiger partial charge in [-0.3, -0.25) is 9.52 Å². The average Bonchev–Trinajstić information content (AvgIpc) is 2.77. The highest BCUT2D eigenvalue weighted by Crippen LogP contribution is 2.28. The van der Waals surface area contributed by atoms with E-state index in [0.29, 0.717) is 39.5 Å². The predicted molar refractivity (Wildman–Crippen MR) is 136 cm³/mol. The number of hydrogen-bond donors (Lipinski definition) is 2. The van der Waals surface area contributed by atoms with Crippen LogP contribution in [0.4, 0.5) is 11.4 Å². The quantitative estimate of drug-likeness (QED) is 0.336. The molecule has 3 aromatic rings. The molecule has 0 saturated heterocycles. The summed E-state index contributed by atoms with van der Waals surface area (Å²) in [4.78, 5) is 12.3. The molecule has 0 aliphatic carbocycles. The number of amides is 1. The molecule has 3 aromatic carbocycles. The van der Waals surface area contributed by atoms with E-state index in [4.69, 9.17) is 27.9 Å². The van der Waals surface area contributed by atoms with Crippen molar-refractivity contribution < 1.29 is 17.9 Å². The van der Waals surface area contributed by atoms with Crippen LogP contribution >= 0.6 is 35.0 Å². The topological polar surface area (TPSA) is 84.5 Å². The van der Waals surface area contributed by atoms with E-state index in [-0.39, 0.29) is 16.6 Å². The summed E-state index contributed by atoms with van der Waals surface area (Å²) in [7, 11) is -3.77. The van der Waals surface area contributed by atoms with Gasteiger partial charge in [-0.05, 0) is 73.2 Å². The molecule has 1 amide bonds. The molecular weight excluding hydrogens is 503 g/mol. The first kappa shape index (κ1) is 25.2. The van der Waals surface area contributed by atoms with Crippen molar-refractivity contribution in [1.82, 2.24) is 0 Å². The van der Waals surface area contributed by atoms with Crippen molar-refractivity contribution in [2.75, 3.05) is 22.4 Å². The molecule has 2 N–H and O–H groups in total. The number of carbonyl (C=O) groups is 1. The smallest absolute Gasteiger partial charge is 0.261 e. The first-order valence-corrected chi connectivity index (χ1v) is 13.3. The minimum Gasteiger partial charge on any atom is -0.494 e. The van der Waals surface area contributed by atoms with Gasteiger partial charge in [0.2, 0.25) is 5.91 Å². The van der Waals surface area contributed by atoms with Gasteiger partial charge in [0.1, 0.15) is 5.75 Å². The second kappa shape index (κ2) is 11.7. The highest BCUT2D eigenvalue weighted by Gasteiger charge is 2.15. The van der Waals surface area contributed by atoms with Gasteiger partial charge in [-0.1, -0.05) is 29.3 Å². The fourth-order valence-corrected chi connectivity index (χ4v) is 5.45. The Hall–Kier alpha value is -2.39. The minimum atomic E-state index is -3.77. The standard InChI is InChI=1S/C23H22Cl2N2O4S2/c1-2-31-18-10-6-17(7-11-18)27-33(29,30)19-12-8-16(9-13-19)26-23(28)15-32-14-20-21(24)4-3-5-22(20)25/h3-13,27H,2,14-15H2,1H3,(H,26,28). The lowest BCUT2D eigenvalue weighted by Crippen LogP contribution is -2.15. The van der Waals surface area contributed by atoms with E-state index in [1.807, 2.05) is 6.92 Å². The summed E-state index contributed by atoms with van der Waals surface area (Å²) in [6.07, 6.45) is 0. The highest BCUT2D eigenvalue weighted by atomic mass is 35.5. The molecule has 0 spiro atoms. The number of carbonyl (C=O) groups excluding carboxylic acids is 1. The minimum absolute atomic E-state index is 0.0807. The molecule has 3 rings (SSSR count). The summed E-state index contributed by atoms with van der Waals surface area (Å²) in [5.41, 5.74) is 1.70. The summed E-state index contributed by atoms with van der Waals surface area (Å²) < 4.78 is 33.1. The van der Waals surface area contributed by atoms with Crippen molar-refractivity contribution in [1.29, 1.82) is 0 Å². The van der Waals surface area contributed by atoms with Gasteiger partial charge in [-0.15, -0.1) is 11.8 Å². The van der Waals surface area contributed by atoms with Gasteiger partial charge >= 0.3 is 0 Å². The van der Waals surface area contributed by atoms with Crippen LogP contribution in [0.15, 0.2) is 71.6 Å². The zero-order chi connectivity index (χ0) is 23.8. The van der Waals surface area contributed by atoms with Crippen LogP contribution in [0.1, 0.15) is 12.5 Å². The Morgan fingerprint density at radius 2 is 1.55 bits per heavy atom. The Morgan fingerprint density at radius 1 is 0.939 bits per heavy atom. The molecule has 174 valence electrons. The molecule has 0 aliphatic heterocycles. The van der Waals surface area contributed by atoms with Crippen LogP contribution < -0.4 is 14.8 Å². The maximum Gasteiger partial charge on any atom is 0.261 e. The van der Waals surface area contributed by atoms with E-state index in [9.17, 15) is 13.2 Å². The zero-order valence-corrected chi connectivity index (χ0v) is 20.8. The Balaban J connectivity index is 1.54. The first-order valence-electron chi connectivity index (χ1n) is 9.94. The molecule has 0 bridgehead atoms. The lowest BCUT2D eigenvalue weighted by Gasteiger charge is -2.10. The number of halogens is 2. The number of hydrogen-bond acceptors (Lipinski definition) is 5. The van der Waals surface area contributed by atoms with E-state index >= 15 is 0 Å². The maximum absolute atomic E-state index is 12.6. The number of sulfonamides is 1. The second-order valence-electron chi connectivity index (χ2n) is 6.83. The van der Waals surface area contributed by atoms with Crippen LogP contribution in [0.2, 0.25) is 10.0 Å². The summed E-state index contributed by atoms with van der Waals surface area (Å²) in [5.74, 6) is 1.14. The number of thioether (sulfide) groups is 1. The van der Waals surface area contributed by atoms with E-state index < -0.39 is 10.0 Å². The van der Waals surface area contributed by atoms with Crippen LogP contribution in [0.3, 0.4) is 0 Å². The maximum atomic E-state index is 12.6. The summed E-state index contributed by atoms with van der Waals surface area (Å²) >= 11 is 13.7. The third kappa shape index (κ3) is 7.30. The molecule has 0 aromatic heterocycles. The largest absolute Gasteiger partial charge is 0.494 e. The number of rotatable bonds is 10. The molecule has 0 heterocycles. The lowest BCUT2D eigenvalue weighted by molar-refractivity contribution is -0.113. The fraction of sp³-hybridized carbons (Fsp3) is 0.174. The van der Waals surface area contributed by atoms with Gasteiger partial charge in [0.25, 0.3) is 10.0 Å². The molecule has 0 fully saturated rings. The van der Waals surface area contributed by atoms with Crippen molar-refractivity contribution in [3.8, 4) is 5.75 Å². The first-order chi connectivity index (χ1) is 15.8. The van der Waals surface area contributed by atoms with Gasteiger partial charge in [0.15, 0.2) is 0 Å². The Bertz CT molecular complexity index is 1180. The molecule has 33 heavy (non-hydrogen) atoms. The van der Waals surface area contributed by atoms with Crippen molar-refractivity contribution in [2.24, 2.45) is 0 Å². The predicted octanol–water partition coefficient (Wildman–Crippen LogP) is 6.06. The van der Waals surface area contributed by atoms with Crippen LogP contribution in [-0.4, -0.2) is 26.7 Å². The third-order valence-corrected chi connectivity index (χ3v) is 7.47. The number of nitrogens with one attached hydrogen (secondary N) is 2. The van der Waals surface area contributed by atoms with E-state index in [2.05, 4.69) is 10.0 Å². The van der Waals surface area contributed by atoms with E-state index in [1.54, 1.807) is 54.6 Å². The Morgan fingerprint density at radius 3 is 2.15 bits per heavy atom. The molecule has 0 saturated carbocycles. The van der Waals surface area contributed by atoms with Gasteiger partial charge in [-0.2, -0.15) is 0 Å². The number of ether oxygens (including phenoxy) is 1. The summed E-state index contributed by atoms with van der Waals surface area (Å²) in [6.45, 7) is 2.40. The Kier molecular flexibility index (Phi) is 8.91. The average molecular weight is 525 g/mol. The van der Waals surface area contributed by atoms with Crippen molar-refractivity contribution in [2.45, 2.75) is 17.6 Å².